The molecule has 0 spiro atoms. The minimum atomic E-state index is -0.445. The first kappa shape index (κ1) is 19.3. The van der Waals surface area contributed by atoms with E-state index in [1.54, 1.807) is 11.8 Å². The number of nitrogens with one attached hydrogen (secondary N) is 1. The molecule has 1 saturated heterocycles. The van der Waals surface area contributed by atoms with Crippen LogP contribution in [0.25, 0.3) is 0 Å². The highest BCUT2D eigenvalue weighted by Crippen LogP contribution is 2.38. The predicted molar refractivity (Wildman–Crippen MR) is 111 cm³/mol. The van der Waals surface area contributed by atoms with E-state index in [-0.39, 0.29) is 24.4 Å². The van der Waals surface area contributed by atoms with Gasteiger partial charge in [-0.2, -0.15) is 0 Å². The minimum absolute atomic E-state index is 0.0174. The maximum absolute atomic E-state index is 13.2. The zero-order valence-electron chi connectivity index (χ0n) is 16.9. The van der Waals surface area contributed by atoms with Crippen LogP contribution in [0.5, 0.6) is 11.5 Å². The monoisotopic (exact) mass is 419 g/mol. The molecular weight excluding hydrogens is 398 g/mol. The number of benzene rings is 2. The third kappa shape index (κ3) is 3.77. The van der Waals surface area contributed by atoms with E-state index in [2.05, 4.69) is 9.97 Å². The standard InChI is InChI=1S/C23H21N3O5/c1-14-24-10-17(22(27)25-14)23(28)26-11-20(15-5-3-2-4-6-15)31-21(12-26)16-7-8-18-19(9-16)30-13-29-18/h2-10,20-21H,11-13H2,1H3,(H,24,25,27)/t20-,21+/m0/s1. The Morgan fingerprint density at radius 2 is 1.77 bits per heavy atom. The zero-order chi connectivity index (χ0) is 21.4. The lowest BCUT2D eigenvalue weighted by Crippen LogP contribution is -2.45. The van der Waals surface area contributed by atoms with Crippen molar-refractivity contribution in [2.45, 2.75) is 19.1 Å². The van der Waals surface area contributed by atoms with E-state index >= 15 is 0 Å². The number of H-pyrrole nitrogens is 1. The number of carbonyl (C=O) groups excluding carboxylic acids is 1. The van der Waals surface area contributed by atoms with Gasteiger partial charge in [0.05, 0.1) is 13.1 Å². The van der Waals surface area contributed by atoms with Crippen LogP contribution >= 0.6 is 0 Å². The number of morpholine rings is 1. The summed E-state index contributed by atoms with van der Waals surface area (Å²) < 4.78 is 17.3. The smallest absolute Gasteiger partial charge is 0.263 e. The highest BCUT2D eigenvalue weighted by molar-refractivity contribution is 5.93. The number of aromatic amines is 1. The first-order valence-electron chi connectivity index (χ1n) is 10.0. The molecule has 2 aromatic carbocycles. The van der Waals surface area contributed by atoms with Gasteiger partial charge in [-0.1, -0.05) is 36.4 Å². The molecule has 8 heteroatoms. The van der Waals surface area contributed by atoms with E-state index in [0.717, 1.165) is 11.1 Å². The van der Waals surface area contributed by atoms with Crippen molar-refractivity contribution in [2.24, 2.45) is 0 Å². The molecule has 1 amide bonds. The Bertz CT molecular complexity index is 1180. The van der Waals surface area contributed by atoms with Gasteiger partial charge in [0.25, 0.3) is 11.5 Å². The summed E-state index contributed by atoms with van der Waals surface area (Å²) in [4.78, 5) is 33.9. The molecule has 0 bridgehead atoms. The van der Waals surface area contributed by atoms with E-state index in [9.17, 15) is 9.59 Å². The van der Waals surface area contributed by atoms with Crippen molar-refractivity contribution in [3.8, 4) is 11.5 Å². The minimum Gasteiger partial charge on any atom is -0.454 e. The van der Waals surface area contributed by atoms with E-state index in [0.29, 0.717) is 30.4 Å². The molecule has 3 aromatic rings. The second kappa shape index (κ2) is 7.88. The average Bonchev–Trinajstić information content (AvgIpc) is 3.27. The Morgan fingerprint density at radius 3 is 2.55 bits per heavy atom. The molecule has 1 aromatic heterocycles. The van der Waals surface area contributed by atoms with E-state index in [1.165, 1.54) is 6.20 Å². The zero-order valence-corrected chi connectivity index (χ0v) is 16.9. The number of nitrogens with zero attached hydrogens (tertiary/aromatic N) is 2. The molecule has 5 rings (SSSR count). The Balaban J connectivity index is 1.49. The van der Waals surface area contributed by atoms with Crippen molar-refractivity contribution in [1.82, 2.24) is 14.9 Å². The number of hydrogen-bond donors (Lipinski definition) is 1. The molecule has 1 N–H and O–H groups in total. The molecule has 2 atom stereocenters. The number of aromatic nitrogens is 2. The molecule has 0 aliphatic carbocycles. The SMILES string of the molecule is Cc1ncc(C(=O)N2C[C@@H](c3ccccc3)O[C@@H](c3ccc4c(c3)OCO4)C2)c(=O)[nH]1. The fraction of sp³-hybridized carbons (Fsp3) is 0.261. The Kier molecular flexibility index (Phi) is 4.91. The van der Waals surface area contributed by atoms with Gasteiger partial charge < -0.3 is 24.1 Å². The van der Waals surface area contributed by atoms with E-state index in [1.807, 2.05) is 48.5 Å². The number of amides is 1. The van der Waals surface area contributed by atoms with Crippen LogP contribution in [0.15, 0.2) is 59.5 Å². The number of ether oxygens (including phenoxy) is 3. The highest BCUT2D eigenvalue weighted by Gasteiger charge is 2.34. The number of hydrogen-bond acceptors (Lipinski definition) is 6. The van der Waals surface area contributed by atoms with E-state index < -0.39 is 11.7 Å². The lowest BCUT2D eigenvalue weighted by atomic mass is 10.0. The normalized spacial score (nSPS) is 20.0. The van der Waals surface area contributed by atoms with Gasteiger partial charge in [-0.25, -0.2) is 4.98 Å². The van der Waals surface area contributed by atoms with Gasteiger partial charge >= 0.3 is 0 Å². The van der Waals surface area contributed by atoms with Crippen molar-refractivity contribution >= 4 is 5.91 Å². The molecule has 8 nitrogen and oxygen atoms in total. The Morgan fingerprint density at radius 1 is 1.03 bits per heavy atom. The second-order valence-electron chi connectivity index (χ2n) is 7.56. The van der Waals surface area contributed by atoms with Crippen LogP contribution < -0.4 is 15.0 Å². The van der Waals surface area contributed by atoms with Gasteiger partial charge in [0.2, 0.25) is 6.79 Å². The average molecular weight is 419 g/mol. The van der Waals surface area contributed by atoms with Gasteiger partial charge in [0.15, 0.2) is 11.5 Å². The summed E-state index contributed by atoms with van der Waals surface area (Å²) in [6.07, 6.45) is 0.598. The first-order valence-corrected chi connectivity index (χ1v) is 10.0. The lowest BCUT2D eigenvalue weighted by molar-refractivity contribution is -0.0798. The highest BCUT2D eigenvalue weighted by atomic mass is 16.7. The third-order valence-corrected chi connectivity index (χ3v) is 5.48. The fourth-order valence-corrected chi connectivity index (χ4v) is 3.88. The molecule has 0 saturated carbocycles. The van der Waals surface area contributed by atoms with E-state index in [4.69, 9.17) is 14.2 Å². The summed E-state index contributed by atoms with van der Waals surface area (Å²) in [6.45, 7) is 2.49. The Hall–Kier alpha value is -3.65. The topological polar surface area (TPSA) is 93.8 Å². The lowest BCUT2D eigenvalue weighted by Gasteiger charge is -2.38. The molecule has 158 valence electrons. The van der Waals surface area contributed by atoms with Gasteiger partial charge in [-0.15, -0.1) is 0 Å². The summed E-state index contributed by atoms with van der Waals surface area (Å²) in [5.74, 6) is 1.43. The summed E-state index contributed by atoms with van der Waals surface area (Å²) in [5, 5.41) is 0. The van der Waals surface area contributed by atoms with Crippen LogP contribution in [-0.4, -0.2) is 40.7 Å². The molecule has 1 fully saturated rings. The molecule has 2 aliphatic heterocycles. The number of rotatable bonds is 3. The quantitative estimate of drug-likeness (QED) is 0.702. The molecule has 3 heterocycles. The first-order chi connectivity index (χ1) is 15.1. The molecule has 2 aliphatic rings. The van der Waals surface area contributed by atoms with Crippen LogP contribution in [0.3, 0.4) is 0 Å². The van der Waals surface area contributed by atoms with Crippen LogP contribution in [0.4, 0.5) is 0 Å². The van der Waals surface area contributed by atoms with Crippen molar-refractivity contribution in [3.05, 3.63) is 87.6 Å². The molecule has 0 radical (unpaired) electrons. The van der Waals surface area contributed by atoms with Crippen molar-refractivity contribution in [1.29, 1.82) is 0 Å². The van der Waals surface area contributed by atoms with Crippen LogP contribution in [-0.2, 0) is 4.74 Å². The summed E-state index contributed by atoms with van der Waals surface area (Å²) >= 11 is 0. The van der Waals surface area contributed by atoms with Gasteiger partial charge in [-0.3, -0.25) is 9.59 Å². The third-order valence-electron chi connectivity index (χ3n) is 5.48. The van der Waals surface area contributed by atoms with Crippen LogP contribution in [0.1, 0.15) is 39.5 Å². The van der Waals surface area contributed by atoms with Gasteiger partial charge in [0.1, 0.15) is 23.6 Å². The number of carbonyl (C=O) groups is 1. The predicted octanol–water partition coefficient (Wildman–Crippen LogP) is 2.76. The van der Waals surface area contributed by atoms with Crippen LogP contribution in [0, 0.1) is 6.92 Å². The van der Waals surface area contributed by atoms with Crippen molar-refractivity contribution in [3.63, 3.8) is 0 Å². The number of fused-ring (bicyclic) bond motifs is 1. The fourth-order valence-electron chi connectivity index (χ4n) is 3.88. The van der Waals surface area contributed by atoms with Crippen molar-refractivity contribution < 1.29 is 19.0 Å². The van der Waals surface area contributed by atoms with Crippen LogP contribution in [0.2, 0.25) is 0 Å². The van der Waals surface area contributed by atoms with Gasteiger partial charge in [0, 0.05) is 6.20 Å². The summed E-state index contributed by atoms with van der Waals surface area (Å²) in [5.41, 5.74) is 1.41. The van der Waals surface area contributed by atoms with Crippen molar-refractivity contribution in [2.75, 3.05) is 19.9 Å². The number of aryl methyl sites for hydroxylation is 1. The molecule has 0 unspecified atom stereocenters. The van der Waals surface area contributed by atoms with Gasteiger partial charge in [-0.05, 0) is 30.2 Å². The summed E-state index contributed by atoms with van der Waals surface area (Å²) in [7, 11) is 0. The summed E-state index contributed by atoms with van der Waals surface area (Å²) in [6, 6.07) is 15.4. The Labute approximate surface area is 178 Å². The maximum atomic E-state index is 13.2. The molecular formula is C23H21N3O5. The maximum Gasteiger partial charge on any atom is 0.263 e. The molecule has 31 heavy (non-hydrogen) atoms. The second-order valence-corrected chi connectivity index (χ2v) is 7.56. The largest absolute Gasteiger partial charge is 0.454 e.